The van der Waals surface area contributed by atoms with Crippen molar-refractivity contribution < 1.29 is 4.79 Å². The number of aromatic nitrogens is 4. The van der Waals surface area contributed by atoms with E-state index in [-0.39, 0.29) is 5.78 Å². The lowest BCUT2D eigenvalue weighted by molar-refractivity contribution is -0.123. The van der Waals surface area contributed by atoms with Crippen molar-refractivity contribution in [3.63, 3.8) is 0 Å². The molecule has 0 radical (unpaired) electrons. The van der Waals surface area contributed by atoms with Crippen LogP contribution in [-0.4, -0.2) is 25.3 Å². The predicted octanol–water partition coefficient (Wildman–Crippen LogP) is 6.55. The number of ketones is 1. The molecule has 5 heteroatoms. The predicted molar refractivity (Wildman–Crippen MR) is 122 cm³/mol. The van der Waals surface area contributed by atoms with E-state index in [0.29, 0.717) is 6.42 Å². The number of nitrogens with zero attached hydrogens (tertiary/aromatic N) is 4. The summed E-state index contributed by atoms with van der Waals surface area (Å²) in [6, 6.07) is 11.7. The normalized spacial score (nSPS) is 12.4. The van der Waals surface area contributed by atoms with Gasteiger partial charge in [-0.05, 0) is 30.7 Å². The Labute approximate surface area is 180 Å². The van der Waals surface area contributed by atoms with Crippen LogP contribution in [0.4, 0.5) is 0 Å². The van der Waals surface area contributed by atoms with Gasteiger partial charge in [-0.1, -0.05) is 88.5 Å². The van der Waals surface area contributed by atoms with Crippen molar-refractivity contribution in [1.29, 1.82) is 0 Å². The van der Waals surface area contributed by atoms with Gasteiger partial charge < -0.3 is 4.57 Å². The second-order valence-electron chi connectivity index (χ2n) is 8.28. The van der Waals surface area contributed by atoms with Crippen LogP contribution < -0.4 is 0 Å². The van der Waals surface area contributed by atoms with Crippen LogP contribution in [0.3, 0.4) is 0 Å². The van der Waals surface area contributed by atoms with E-state index in [2.05, 4.69) is 17.2 Å². The maximum Gasteiger partial charge on any atom is 0.188 e. The first kappa shape index (κ1) is 22.3. The number of rotatable bonds is 15. The molecule has 2 aromatic heterocycles. The molecule has 1 unspecified atom stereocenters. The van der Waals surface area contributed by atoms with Crippen LogP contribution in [0.15, 0.2) is 48.8 Å². The summed E-state index contributed by atoms with van der Waals surface area (Å²) < 4.78 is 3.69. The van der Waals surface area contributed by atoms with Crippen molar-refractivity contribution in [1.82, 2.24) is 19.6 Å². The molecule has 5 nitrogen and oxygen atoms in total. The second-order valence-corrected chi connectivity index (χ2v) is 8.28. The average Bonchev–Trinajstić information content (AvgIpc) is 3.43. The van der Waals surface area contributed by atoms with Gasteiger partial charge in [-0.15, -0.1) is 5.10 Å². The molecule has 2 heterocycles. The minimum absolute atomic E-state index is 0.192. The monoisotopic (exact) mass is 408 g/mol. The summed E-state index contributed by atoms with van der Waals surface area (Å²) in [6.07, 6.45) is 18.1. The molecule has 0 N–H and O–H groups in total. The molecule has 3 aromatic rings. The summed E-state index contributed by atoms with van der Waals surface area (Å²) in [7, 11) is 0. The second kappa shape index (κ2) is 12.3. The smallest absolute Gasteiger partial charge is 0.188 e. The Morgan fingerprint density at radius 1 is 0.833 bits per heavy atom. The molecule has 0 saturated heterocycles. The molecule has 0 aliphatic rings. The number of para-hydroxylation sites is 1. The zero-order valence-electron chi connectivity index (χ0n) is 18.4. The summed E-state index contributed by atoms with van der Waals surface area (Å²) >= 11 is 0. The van der Waals surface area contributed by atoms with Gasteiger partial charge in [0.1, 0.15) is 5.52 Å². The highest BCUT2D eigenvalue weighted by Gasteiger charge is 2.24. The zero-order valence-corrected chi connectivity index (χ0v) is 18.4. The third-order valence-electron chi connectivity index (χ3n) is 5.83. The highest BCUT2D eigenvalue weighted by atomic mass is 16.1. The molecule has 0 fully saturated rings. The van der Waals surface area contributed by atoms with Crippen LogP contribution in [0.5, 0.6) is 0 Å². The first-order chi connectivity index (χ1) is 14.8. The molecule has 1 atom stereocenters. The summed E-state index contributed by atoms with van der Waals surface area (Å²) in [5.74, 6) is 0.192. The van der Waals surface area contributed by atoms with Gasteiger partial charge in [-0.3, -0.25) is 4.79 Å². The number of hydrogen-bond donors (Lipinski definition) is 0. The number of hydrogen-bond acceptors (Lipinski definition) is 3. The molecule has 0 amide bonds. The average molecular weight is 409 g/mol. The fraction of sp³-hybridized carbons (Fsp3) is 0.560. The van der Waals surface area contributed by atoms with E-state index < -0.39 is 6.17 Å². The minimum Gasteiger partial charge on any atom is -0.326 e. The van der Waals surface area contributed by atoms with Gasteiger partial charge in [0.2, 0.25) is 0 Å². The van der Waals surface area contributed by atoms with Crippen LogP contribution in [0.25, 0.3) is 11.0 Å². The molecular weight excluding hydrogens is 372 g/mol. The van der Waals surface area contributed by atoms with Crippen molar-refractivity contribution in [2.24, 2.45) is 0 Å². The lowest BCUT2D eigenvalue weighted by Crippen LogP contribution is -2.27. The molecule has 3 rings (SSSR count). The van der Waals surface area contributed by atoms with Gasteiger partial charge in [-0.25, -0.2) is 4.68 Å². The highest BCUT2D eigenvalue weighted by molar-refractivity contribution is 5.85. The van der Waals surface area contributed by atoms with Gasteiger partial charge in [-0.2, -0.15) is 0 Å². The molecular formula is C25H36N4O. The van der Waals surface area contributed by atoms with Crippen LogP contribution in [0, 0.1) is 0 Å². The summed E-state index contributed by atoms with van der Waals surface area (Å²) in [5, 5.41) is 8.54. The maximum absolute atomic E-state index is 13.1. The van der Waals surface area contributed by atoms with E-state index in [0.717, 1.165) is 23.9 Å². The topological polar surface area (TPSA) is 52.7 Å². The molecule has 1 aromatic carbocycles. The number of fused-ring (bicyclic) bond motifs is 1. The van der Waals surface area contributed by atoms with E-state index in [4.69, 9.17) is 0 Å². The quantitative estimate of drug-likeness (QED) is 0.268. The third kappa shape index (κ3) is 6.28. The Bertz CT molecular complexity index is 868. The summed E-state index contributed by atoms with van der Waals surface area (Å²) in [4.78, 5) is 13.1. The standard InChI is InChI=1S/C25H36N4O/c1-2-3-4-5-6-7-8-9-10-11-12-19-24(30)25(28-20-15-16-21-28)29-23-18-14-13-17-22(23)26-27-29/h13-18,20-21,25H,2-12,19H2,1H3. The number of unbranched alkanes of at least 4 members (excludes halogenated alkanes) is 10. The van der Waals surface area contributed by atoms with E-state index in [1.807, 2.05) is 53.4 Å². The molecule has 0 bridgehead atoms. The van der Waals surface area contributed by atoms with Gasteiger partial charge >= 0.3 is 0 Å². The summed E-state index contributed by atoms with van der Waals surface area (Å²) in [5.41, 5.74) is 1.71. The number of carbonyl (C=O) groups excluding carboxylic acids is 1. The highest BCUT2D eigenvalue weighted by Crippen LogP contribution is 2.21. The van der Waals surface area contributed by atoms with Crippen LogP contribution >= 0.6 is 0 Å². The molecule has 0 aliphatic carbocycles. The zero-order chi connectivity index (χ0) is 21.0. The van der Waals surface area contributed by atoms with Crippen molar-refractivity contribution in [3.05, 3.63) is 48.8 Å². The van der Waals surface area contributed by atoms with Crippen molar-refractivity contribution in [2.45, 2.75) is 90.1 Å². The van der Waals surface area contributed by atoms with Crippen molar-refractivity contribution >= 4 is 16.8 Å². The van der Waals surface area contributed by atoms with E-state index in [9.17, 15) is 4.79 Å². The molecule has 0 spiro atoms. The summed E-state index contributed by atoms with van der Waals surface area (Å²) in [6.45, 7) is 2.26. The fourth-order valence-electron chi connectivity index (χ4n) is 4.10. The fourth-order valence-corrected chi connectivity index (χ4v) is 4.10. The first-order valence-corrected chi connectivity index (χ1v) is 11.8. The molecule has 0 saturated carbocycles. The Morgan fingerprint density at radius 3 is 2.10 bits per heavy atom. The van der Waals surface area contributed by atoms with Gasteiger partial charge in [0.05, 0.1) is 5.52 Å². The van der Waals surface area contributed by atoms with Crippen LogP contribution in [-0.2, 0) is 4.79 Å². The third-order valence-corrected chi connectivity index (χ3v) is 5.83. The molecule has 30 heavy (non-hydrogen) atoms. The largest absolute Gasteiger partial charge is 0.326 e. The van der Waals surface area contributed by atoms with Crippen LogP contribution in [0.2, 0.25) is 0 Å². The SMILES string of the molecule is CCCCCCCCCCCCCC(=O)C(n1cccc1)n1nnc2ccccc21. The van der Waals surface area contributed by atoms with E-state index in [1.165, 1.54) is 57.8 Å². The van der Waals surface area contributed by atoms with Gasteiger partial charge in [0, 0.05) is 18.8 Å². The number of carbonyl (C=O) groups is 1. The van der Waals surface area contributed by atoms with Crippen LogP contribution in [0.1, 0.15) is 90.1 Å². The van der Waals surface area contributed by atoms with E-state index >= 15 is 0 Å². The Morgan fingerprint density at radius 2 is 1.43 bits per heavy atom. The Hall–Kier alpha value is -2.43. The Balaban J connectivity index is 1.44. The van der Waals surface area contributed by atoms with E-state index in [1.54, 1.807) is 4.68 Å². The van der Waals surface area contributed by atoms with Crippen molar-refractivity contribution in [3.8, 4) is 0 Å². The van der Waals surface area contributed by atoms with Crippen molar-refractivity contribution in [2.75, 3.05) is 0 Å². The van der Waals surface area contributed by atoms with Gasteiger partial charge in [0.25, 0.3) is 0 Å². The molecule has 162 valence electrons. The Kier molecular flexibility index (Phi) is 9.13. The lowest BCUT2D eigenvalue weighted by Gasteiger charge is -2.18. The molecule has 0 aliphatic heterocycles. The minimum atomic E-state index is -0.462. The lowest BCUT2D eigenvalue weighted by atomic mass is 10.0. The first-order valence-electron chi connectivity index (χ1n) is 11.8. The number of Topliss-reactive ketones (excluding diaryl/α,β-unsaturated/α-hetero) is 1. The number of benzene rings is 1. The van der Waals surface area contributed by atoms with Gasteiger partial charge in [0.15, 0.2) is 11.9 Å². The maximum atomic E-state index is 13.1.